The van der Waals surface area contributed by atoms with E-state index in [9.17, 15) is 0 Å². The zero-order chi connectivity index (χ0) is 36.9. The molecule has 0 unspecified atom stereocenters. The van der Waals surface area contributed by atoms with Crippen LogP contribution < -0.4 is 10.4 Å². The Morgan fingerprint density at radius 1 is 0.518 bits per heavy atom. The normalized spacial score (nSPS) is 24.5. The minimum absolute atomic E-state index is 0.176. The summed E-state index contributed by atoms with van der Waals surface area (Å²) in [5, 5.41) is 5.49. The number of rotatable bonds is 3. The van der Waals surface area contributed by atoms with Crippen molar-refractivity contribution in [3.05, 3.63) is 151 Å². The zero-order valence-electron chi connectivity index (χ0n) is 32.0. The SMILES string of the molecule is C[Si]1(C)c2c(-c3cc(-c4cccc5oc6ccccc6c45)cc(-c4ccccc4)n3)cccc2-c2ccc3c(c21)-c1ccccc1C31C2CC3CC(C2)CC1C3. The number of fused-ring (bicyclic) bond motifs is 10. The molecule has 4 bridgehead atoms. The summed E-state index contributed by atoms with van der Waals surface area (Å²) in [4.78, 5) is 5.56. The van der Waals surface area contributed by atoms with E-state index in [1.165, 1.54) is 65.1 Å². The Bertz CT molecular complexity index is 2940. The molecule has 5 aliphatic carbocycles. The van der Waals surface area contributed by atoms with Gasteiger partial charge < -0.3 is 4.42 Å². The van der Waals surface area contributed by atoms with Gasteiger partial charge in [0.25, 0.3) is 0 Å². The predicted octanol–water partition coefficient (Wildman–Crippen LogP) is 12.5. The van der Waals surface area contributed by atoms with Crippen LogP contribution in [0.4, 0.5) is 0 Å². The van der Waals surface area contributed by atoms with Crippen molar-refractivity contribution >= 4 is 40.4 Å². The van der Waals surface area contributed by atoms with Crippen molar-refractivity contribution in [2.24, 2.45) is 23.7 Å². The highest BCUT2D eigenvalue weighted by Crippen LogP contribution is 2.69. The lowest BCUT2D eigenvalue weighted by Gasteiger charge is -2.61. The summed E-state index contributed by atoms with van der Waals surface area (Å²) < 4.78 is 6.39. The Morgan fingerprint density at radius 2 is 1.16 bits per heavy atom. The van der Waals surface area contributed by atoms with Crippen LogP contribution in [0.2, 0.25) is 13.1 Å². The van der Waals surface area contributed by atoms with E-state index in [0.29, 0.717) is 0 Å². The van der Waals surface area contributed by atoms with E-state index < -0.39 is 8.07 Å². The maximum atomic E-state index is 6.39. The maximum Gasteiger partial charge on any atom is 0.136 e. The summed E-state index contributed by atoms with van der Waals surface area (Å²) >= 11 is 0. The summed E-state index contributed by atoms with van der Waals surface area (Å²) in [6.07, 6.45) is 7.14. The van der Waals surface area contributed by atoms with Crippen molar-refractivity contribution in [3.63, 3.8) is 0 Å². The minimum atomic E-state index is -2.27. The van der Waals surface area contributed by atoms with Crippen molar-refractivity contribution in [3.8, 4) is 55.9 Å². The van der Waals surface area contributed by atoms with Crippen molar-refractivity contribution < 1.29 is 4.42 Å². The highest BCUT2D eigenvalue weighted by atomic mass is 28.3. The van der Waals surface area contributed by atoms with Gasteiger partial charge in [-0.3, -0.25) is 0 Å². The Hall–Kier alpha value is -5.51. The second-order valence-corrected chi connectivity index (χ2v) is 22.5. The van der Waals surface area contributed by atoms with Gasteiger partial charge in [0.1, 0.15) is 19.2 Å². The molecule has 0 N–H and O–H groups in total. The van der Waals surface area contributed by atoms with Gasteiger partial charge >= 0.3 is 0 Å². The van der Waals surface area contributed by atoms with E-state index in [2.05, 4.69) is 153 Å². The first-order chi connectivity index (χ1) is 27.5. The molecule has 0 atom stereocenters. The average Bonchev–Trinajstić information content (AvgIpc) is 3.84. The summed E-state index contributed by atoms with van der Waals surface area (Å²) in [6.45, 7) is 5.26. The van der Waals surface area contributed by atoms with Crippen LogP contribution in [0.5, 0.6) is 0 Å². The number of para-hydroxylation sites is 1. The van der Waals surface area contributed by atoms with Crippen LogP contribution in [0.1, 0.15) is 43.2 Å². The Balaban J connectivity index is 1.04. The van der Waals surface area contributed by atoms with Crippen LogP contribution in [-0.2, 0) is 5.41 Å². The second-order valence-electron chi connectivity index (χ2n) is 18.3. The molecule has 6 aromatic carbocycles. The Kier molecular flexibility index (Phi) is 6.26. The number of hydrogen-bond acceptors (Lipinski definition) is 2. The van der Waals surface area contributed by atoms with E-state index in [0.717, 1.165) is 68.1 Å². The molecule has 4 fully saturated rings. The van der Waals surface area contributed by atoms with Crippen molar-refractivity contribution in [1.82, 2.24) is 4.98 Å². The molecule has 56 heavy (non-hydrogen) atoms. The van der Waals surface area contributed by atoms with Crippen LogP contribution in [0.3, 0.4) is 0 Å². The Labute approximate surface area is 329 Å². The molecule has 270 valence electrons. The van der Waals surface area contributed by atoms with E-state index >= 15 is 0 Å². The molecule has 0 amide bonds. The summed E-state index contributed by atoms with van der Waals surface area (Å²) in [5.74, 6) is 3.41. The lowest BCUT2D eigenvalue weighted by molar-refractivity contribution is -0.0399. The monoisotopic (exact) mass is 737 g/mol. The summed E-state index contributed by atoms with van der Waals surface area (Å²) in [7, 11) is -2.27. The fraction of sp³-hybridized carbons (Fsp3) is 0.226. The van der Waals surface area contributed by atoms with Crippen LogP contribution in [0, 0.1) is 23.7 Å². The van der Waals surface area contributed by atoms with Crippen molar-refractivity contribution in [2.45, 2.75) is 50.6 Å². The van der Waals surface area contributed by atoms with Crippen LogP contribution in [0.25, 0.3) is 77.8 Å². The Morgan fingerprint density at radius 3 is 2.00 bits per heavy atom. The van der Waals surface area contributed by atoms with Gasteiger partial charge in [-0.05, 0) is 135 Å². The molecule has 0 radical (unpaired) electrons. The molecule has 0 saturated heterocycles. The van der Waals surface area contributed by atoms with Crippen molar-refractivity contribution in [2.75, 3.05) is 0 Å². The number of pyridine rings is 1. The number of hydrogen-bond donors (Lipinski definition) is 0. The summed E-state index contributed by atoms with van der Waals surface area (Å²) in [5.41, 5.74) is 18.1. The summed E-state index contributed by atoms with van der Waals surface area (Å²) in [6, 6.07) is 52.1. The average molecular weight is 738 g/mol. The molecule has 4 saturated carbocycles. The largest absolute Gasteiger partial charge is 0.456 e. The van der Waals surface area contributed by atoms with Gasteiger partial charge in [0.05, 0.1) is 11.4 Å². The smallest absolute Gasteiger partial charge is 0.136 e. The topological polar surface area (TPSA) is 26.0 Å². The minimum Gasteiger partial charge on any atom is -0.456 e. The molecule has 2 aromatic heterocycles. The quantitative estimate of drug-likeness (QED) is 0.169. The number of nitrogens with zero attached hydrogens (tertiary/aromatic N) is 1. The molecule has 6 aliphatic rings. The van der Waals surface area contributed by atoms with Gasteiger partial charge in [-0.1, -0.05) is 128 Å². The lowest BCUT2D eigenvalue weighted by Crippen LogP contribution is -2.55. The molecular formula is C53H43NOSi. The van der Waals surface area contributed by atoms with E-state index in [4.69, 9.17) is 9.40 Å². The third-order valence-electron chi connectivity index (χ3n) is 15.2. The zero-order valence-corrected chi connectivity index (χ0v) is 33.0. The first-order valence-corrected chi connectivity index (χ1v) is 23.9. The number of aromatic nitrogens is 1. The van der Waals surface area contributed by atoms with Gasteiger partial charge in [0.15, 0.2) is 0 Å². The van der Waals surface area contributed by atoms with Gasteiger partial charge in [0.2, 0.25) is 0 Å². The maximum absolute atomic E-state index is 6.39. The van der Waals surface area contributed by atoms with E-state index in [-0.39, 0.29) is 5.41 Å². The molecule has 1 spiro atoms. The standard InChI is InChI=1S/C53H43NOSi/c1-56(2)51-38(39-22-23-44-50(52(39)56)40-14-6-8-19-43(40)53(44)35-25-31-24-32(27-35)28-36(53)26-31)17-10-18-41(51)46-30-34(29-45(54-46)33-12-4-3-5-13-33)37-16-11-21-48-49(37)42-15-7-9-20-47(42)55-48/h3-23,29-32,35-36H,24-28H2,1-2H3. The molecule has 2 nitrogen and oxygen atoms in total. The van der Waals surface area contributed by atoms with Gasteiger partial charge in [-0.2, -0.15) is 0 Å². The van der Waals surface area contributed by atoms with Crippen molar-refractivity contribution in [1.29, 1.82) is 0 Å². The highest BCUT2D eigenvalue weighted by molar-refractivity contribution is 7.05. The van der Waals surface area contributed by atoms with Gasteiger partial charge in [-0.15, -0.1) is 0 Å². The fourth-order valence-electron chi connectivity index (χ4n) is 13.5. The van der Waals surface area contributed by atoms with Crippen LogP contribution in [-0.4, -0.2) is 13.1 Å². The van der Waals surface area contributed by atoms with E-state index in [1.807, 2.05) is 0 Å². The van der Waals surface area contributed by atoms with Gasteiger partial charge in [-0.25, -0.2) is 4.98 Å². The molecule has 8 aromatic rings. The van der Waals surface area contributed by atoms with Gasteiger partial charge in [0, 0.05) is 27.3 Å². The molecule has 3 heterocycles. The predicted molar refractivity (Wildman–Crippen MR) is 233 cm³/mol. The fourth-order valence-corrected chi connectivity index (χ4v) is 17.3. The molecule has 1 aliphatic heterocycles. The van der Waals surface area contributed by atoms with E-state index in [1.54, 1.807) is 21.9 Å². The number of furan rings is 1. The lowest BCUT2D eigenvalue weighted by atomic mass is 9.43. The third kappa shape index (κ3) is 3.99. The highest BCUT2D eigenvalue weighted by Gasteiger charge is 2.62. The van der Waals surface area contributed by atoms with Crippen LogP contribution >= 0.6 is 0 Å². The molecular weight excluding hydrogens is 695 g/mol. The molecule has 14 rings (SSSR count). The number of benzene rings is 6. The third-order valence-corrected chi connectivity index (χ3v) is 18.8. The first kappa shape index (κ1) is 31.7. The second kappa shape index (κ2) is 11.1. The first-order valence-electron chi connectivity index (χ1n) is 20.9. The molecule has 3 heteroatoms. The van der Waals surface area contributed by atoms with Crippen LogP contribution in [0.15, 0.2) is 144 Å².